The fourth-order valence-corrected chi connectivity index (χ4v) is 5.50. The third-order valence-corrected chi connectivity index (χ3v) is 7.33. The molecule has 0 spiro atoms. The van der Waals surface area contributed by atoms with Crippen molar-refractivity contribution in [3.8, 4) is 5.75 Å². The van der Waals surface area contributed by atoms with Gasteiger partial charge in [0, 0.05) is 42.5 Å². The lowest BCUT2D eigenvalue weighted by Crippen LogP contribution is -2.41. The maximum Gasteiger partial charge on any atom is 0.336 e. The van der Waals surface area contributed by atoms with Crippen LogP contribution >= 0.6 is 0 Å². The highest BCUT2D eigenvalue weighted by Crippen LogP contribution is 2.46. The van der Waals surface area contributed by atoms with Gasteiger partial charge in [0.2, 0.25) is 0 Å². The lowest BCUT2D eigenvalue weighted by Gasteiger charge is -2.38. The molecule has 6 heteroatoms. The first-order valence-corrected chi connectivity index (χ1v) is 12.3. The summed E-state index contributed by atoms with van der Waals surface area (Å²) in [6, 6.07) is 16.1. The van der Waals surface area contributed by atoms with Gasteiger partial charge in [-0.25, -0.2) is 4.79 Å². The van der Waals surface area contributed by atoms with Crippen molar-refractivity contribution in [2.24, 2.45) is 10.9 Å². The van der Waals surface area contributed by atoms with E-state index in [9.17, 15) is 9.59 Å². The van der Waals surface area contributed by atoms with Crippen molar-refractivity contribution >= 4 is 23.2 Å². The number of carbonyl (C=O) groups is 2. The zero-order valence-corrected chi connectivity index (χ0v) is 21.2. The first kappa shape index (κ1) is 24.7. The van der Waals surface area contributed by atoms with Crippen LogP contribution in [-0.4, -0.2) is 44.8 Å². The highest BCUT2D eigenvalue weighted by Gasteiger charge is 2.46. The van der Waals surface area contributed by atoms with Crippen LogP contribution in [0.4, 0.5) is 5.69 Å². The van der Waals surface area contributed by atoms with E-state index >= 15 is 0 Å². The van der Waals surface area contributed by atoms with Crippen LogP contribution in [0.15, 0.2) is 64.8 Å². The number of benzene rings is 2. The van der Waals surface area contributed by atoms with Crippen LogP contribution in [0.2, 0.25) is 0 Å². The Morgan fingerprint density at radius 1 is 0.943 bits per heavy atom. The van der Waals surface area contributed by atoms with E-state index < -0.39 is 17.8 Å². The third-order valence-electron chi connectivity index (χ3n) is 7.33. The van der Waals surface area contributed by atoms with Gasteiger partial charge >= 0.3 is 5.97 Å². The number of hydrogen-bond donors (Lipinski definition) is 0. The van der Waals surface area contributed by atoms with Crippen LogP contribution in [0.5, 0.6) is 5.75 Å². The van der Waals surface area contributed by atoms with Crippen molar-refractivity contribution in [1.29, 1.82) is 0 Å². The Bertz CT molecular complexity index is 1140. The van der Waals surface area contributed by atoms with Crippen molar-refractivity contribution < 1.29 is 19.1 Å². The molecule has 184 valence electrons. The molecular weight excluding hydrogens is 440 g/mol. The van der Waals surface area contributed by atoms with Crippen molar-refractivity contribution in [2.45, 2.75) is 45.4 Å². The number of anilines is 1. The fraction of sp³-hybridized carbons (Fsp3) is 0.414. The maximum absolute atomic E-state index is 13.7. The Labute approximate surface area is 207 Å². The van der Waals surface area contributed by atoms with Crippen LogP contribution in [0.3, 0.4) is 0 Å². The molecule has 1 fully saturated rings. The molecule has 35 heavy (non-hydrogen) atoms. The summed E-state index contributed by atoms with van der Waals surface area (Å²) in [6.07, 6.45) is 1.10. The molecule has 3 atom stereocenters. The average molecular weight is 475 g/mol. The highest BCUT2D eigenvalue weighted by atomic mass is 16.5. The van der Waals surface area contributed by atoms with Crippen LogP contribution in [0, 0.1) is 5.92 Å². The summed E-state index contributed by atoms with van der Waals surface area (Å²) in [5, 5.41) is 0. The largest absolute Gasteiger partial charge is 0.497 e. The molecule has 1 heterocycles. The Kier molecular flexibility index (Phi) is 7.39. The van der Waals surface area contributed by atoms with Crippen molar-refractivity contribution in [2.75, 3.05) is 32.2 Å². The number of fused-ring (bicyclic) bond motifs is 1. The Morgan fingerprint density at radius 3 is 2.14 bits per heavy atom. The summed E-state index contributed by atoms with van der Waals surface area (Å²) < 4.78 is 10.4. The number of esters is 1. The summed E-state index contributed by atoms with van der Waals surface area (Å²) in [6.45, 7) is 7.92. The second-order valence-electron chi connectivity index (χ2n) is 9.16. The number of rotatable bonds is 7. The normalized spacial score (nSPS) is 21.8. The van der Waals surface area contributed by atoms with E-state index in [-0.39, 0.29) is 11.7 Å². The predicted octanol–water partition coefficient (Wildman–Crippen LogP) is 5.29. The lowest BCUT2D eigenvalue weighted by atomic mass is 9.66. The third kappa shape index (κ3) is 4.75. The molecule has 2 aliphatic rings. The molecule has 2 aromatic carbocycles. The van der Waals surface area contributed by atoms with Crippen LogP contribution < -0.4 is 9.64 Å². The molecular formula is C29H34N2O4. The minimum atomic E-state index is -0.457. The van der Waals surface area contributed by atoms with E-state index in [4.69, 9.17) is 14.5 Å². The Morgan fingerprint density at radius 2 is 1.57 bits per heavy atom. The predicted molar refractivity (Wildman–Crippen MR) is 138 cm³/mol. The zero-order chi connectivity index (χ0) is 25.1. The molecule has 0 saturated heterocycles. The summed E-state index contributed by atoms with van der Waals surface area (Å²) in [5.41, 5.74) is 5.12. The first-order valence-electron chi connectivity index (χ1n) is 12.3. The smallest absolute Gasteiger partial charge is 0.336 e. The van der Waals surface area contributed by atoms with Crippen molar-refractivity contribution in [3.05, 3.63) is 70.9 Å². The topological polar surface area (TPSA) is 68.2 Å². The molecule has 1 unspecified atom stereocenters. The molecule has 0 aromatic heterocycles. The lowest BCUT2D eigenvalue weighted by molar-refractivity contribution is -0.136. The van der Waals surface area contributed by atoms with Gasteiger partial charge in [-0.3, -0.25) is 9.79 Å². The molecule has 0 amide bonds. The van der Waals surface area contributed by atoms with E-state index in [0.29, 0.717) is 24.1 Å². The van der Waals surface area contributed by atoms with E-state index in [1.54, 1.807) is 7.11 Å². The summed E-state index contributed by atoms with van der Waals surface area (Å²) in [4.78, 5) is 33.6. The number of nitrogens with zero attached hydrogens (tertiary/aromatic N) is 2. The molecule has 2 aromatic rings. The number of allylic oxidation sites excluding steroid dienone is 1. The zero-order valence-electron chi connectivity index (χ0n) is 21.2. The van der Waals surface area contributed by atoms with E-state index in [1.165, 1.54) is 7.11 Å². The van der Waals surface area contributed by atoms with Gasteiger partial charge in [-0.1, -0.05) is 24.3 Å². The van der Waals surface area contributed by atoms with Gasteiger partial charge in [0.25, 0.3) is 0 Å². The van der Waals surface area contributed by atoms with E-state index in [0.717, 1.165) is 41.4 Å². The number of aliphatic imine (C=N–C) groups is 1. The standard InChI is InChI=1S/C29H34N2O4/c1-6-31(7-2)22-12-8-20(9-13-22)27-26(29(33)35-5)18(3)30-24-16-21(17-25(32)28(24)27)19-10-14-23(34-4)15-11-19/h8-15,21,27-28H,6-7,16-17H2,1-5H3/t21-,27+,28?/m1/s1. The average Bonchev–Trinajstić information content (AvgIpc) is 2.88. The molecule has 1 saturated carbocycles. The van der Waals surface area contributed by atoms with Gasteiger partial charge < -0.3 is 14.4 Å². The minimum absolute atomic E-state index is 0.0570. The van der Waals surface area contributed by atoms with Gasteiger partial charge in [-0.2, -0.15) is 0 Å². The number of methoxy groups -OCH3 is 2. The monoisotopic (exact) mass is 474 g/mol. The van der Waals surface area contributed by atoms with Gasteiger partial charge in [0.05, 0.1) is 25.7 Å². The van der Waals surface area contributed by atoms with E-state index in [1.807, 2.05) is 43.3 Å². The molecule has 6 nitrogen and oxygen atoms in total. The Balaban J connectivity index is 1.72. The maximum atomic E-state index is 13.7. The van der Waals surface area contributed by atoms with Crippen molar-refractivity contribution in [1.82, 2.24) is 0 Å². The number of carbonyl (C=O) groups excluding carboxylic acids is 2. The van der Waals surface area contributed by atoms with Gasteiger partial charge in [-0.05, 0) is 68.5 Å². The number of ether oxygens (including phenoxy) is 2. The number of Topliss-reactive ketones (excluding diaryl/α,β-unsaturated/α-hetero) is 1. The summed E-state index contributed by atoms with van der Waals surface area (Å²) in [7, 11) is 3.02. The molecule has 0 bridgehead atoms. The fourth-order valence-electron chi connectivity index (χ4n) is 5.50. The summed E-state index contributed by atoms with van der Waals surface area (Å²) in [5.74, 6) is -0.317. The van der Waals surface area contributed by atoms with Crippen molar-refractivity contribution in [3.63, 3.8) is 0 Å². The molecule has 4 rings (SSSR count). The molecule has 1 aliphatic carbocycles. The quantitative estimate of drug-likeness (QED) is 0.510. The highest BCUT2D eigenvalue weighted by molar-refractivity contribution is 6.12. The number of hydrogen-bond acceptors (Lipinski definition) is 6. The van der Waals surface area contributed by atoms with Crippen LogP contribution in [0.25, 0.3) is 0 Å². The second-order valence-corrected chi connectivity index (χ2v) is 9.16. The van der Waals surface area contributed by atoms with Gasteiger partial charge in [-0.15, -0.1) is 0 Å². The van der Waals surface area contributed by atoms with Gasteiger partial charge in [0.1, 0.15) is 11.5 Å². The molecule has 0 radical (unpaired) electrons. The number of ketones is 1. The minimum Gasteiger partial charge on any atom is -0.497 e. The summed E-state index contributed by atoms with van der Waals surface area (Å²) >= 11 is 0. The SMILES string of the molecule is CCN(CC)c1ccc([C@H]2C(C(=O)OC)=C(C)N=C3C[C@@H](c4ccc(OC)cc4)CC(=O)C32)cc1. The first-order chi connectivity index (χ1) is 16.9. The Hall–Kier alpha value is -3.41. The van der Waals surface area contributed by atoms with Gasteiger partial charge in [0.15, 0.2) is 0 Å². The molecule has 0 N–H and O–H groups in total. The van der Waals surface area contributed by atoms with Crippen LogP contribution in [-0.2, 0) is 14.3 Å². The van der Waals surface area contributed by atoms with Crippen LogP contribution in [0.1, 0.15) is 56.6 Å². The van der Waals surface area contributed by atoms with E-state index in [2.05, 4.69) is 30.9 Å². The molecule has 1 aliphatic heterocycles. The second kappa shape index (κ2) is 10.5.